The van der Waals surface area contributed by atoms with Crippen LogP contribution in [0.15, 0.2) is 18.2 Å². The van der Waals surface area contributed by atoms with E-state index in [1.807, 2.05) is 0 Å². The first-order valence-electron chi connectivity index (χ1n) is 11.9. The van der Waals surface area contributed by atoms with Gasteiger partial charge in [0.2, 0.25) is 0 Å². The van der Waals surface area contributed by atoms with Crippen molar-refractivity contribution in [3.63, 3.8) is 0 Å². The minimum atomic E-state index is -4.70. The normalized spacial score (nSPS) is 19.9. The molecule has 0 bridgehead atoms. The van der Waals surface area contributed by atoms with E-state index in [1.54, 1.807) is 37.3 Å². The Hall–Kier alpha value is -2.62. The Morgan fingerprint density at radius 2 is 1.97 bits per heavy atom. The molecular weight excluding hydrogens is 466 g/mol. The van der Waals surface area contributed by atoms with Gasteiger partial charge in [0.1, 0.15) is 11.4 Å². The molecule has 6 nitrogen and oxygen atoms in total. The summed E-state index contributed by atoms with van der Waals surface area (Å²) in [4.78, 5) is 14.3. The van der Waals surface area contributed by atoms with Crippen molar-refractivity contribution in [3.05, 3.63) is 52.1 Å². The molecule has 2 aliphatic rings. The fourth-order valence-corrected chi connectivity index (χ4v) is 4.75. The SMILES string of the molecule is CC(c1ccc(F)cc1C(F)(F)F)c1nn(C2CCCCO2)c2c1CCN(C(=O)OC(C)(C)C)C2. The Morgan fingerprint density at radius 3 is 2.60 bits per heavy atom. The molecule has 2 atom stereocenters. The van der Waals surface area contributed by atoms with Gasteiger partial charge in [-0.05, 0) is 64.2 Å². The number of ether oxygens (including phenoxy) is 2. The molecule has 0 aliphatic carbocycles. The van der Waals surface area contributed by atoms with Crippen molar-refractivity contribution in [2.45, 2.75) is 83.8 Å². The maximum Gasteiger partial charge on any atom is 0.416 e. The minimum absolute atomic E-state index is 0.0366. The van der Waals surface area contributed by atoms with Crippen molar-refractivity contribution >= 4 is 6.09 Å². The summed E-state index contributed by atoms with van der Waals surface area (Å²) in [5.41, 5.74) is 0.352. The third-order valence-corrected chi connectivity index (χ3v) is 6.40. The predicted octanol–water partition coefficient (Wildman–Crippen LogP) is 6.19. The van der Waals surface area contributed by atoms with E-state index >= 15 is 0 Å². The van der Waals surface area contributed by atoms with E-state index in [1.165, 1.54) is 6.07 Å². The third-order valence-electron chi connectivity index (χ3n) is 6.40. The van der Waals surface area contributed by atoms with Crippen LogP contribution in [0.25, 0.3) is 0 Å². The quantitative estimate of drug-likeness (QED) is 0.475. The highest BCUT2D eigenvalue weighted by atomic mass is 19.4. The van der Waals surface area contributed by atoms with Crippen LogP contribution in [0.1, 0.15) is 87.2 Å². The largest absolute Gasteiger partial charge is 0.444 e. The monoisotopic (exact) mass is 497 g/mol. The maximum absolute atomic E-state index is 13.7. The Morgan fingerprint density at radius 1 is 1.23 bits per heavy atom. The van der Waals surface area contributed by atoms with Crippen LogP contribution in [-0.2, 0) is 28.6 Å². The van der Waals surface area contributed by atoms with E-state index < -0.39 is 35.2 Å². The summed E-state index contributed by atoms with van der Waals surface area (Å²) < 4.78 is 68.1. The highest BCUT2D eigenvalue weighted by Crippen LogP contribution is 2.40. The lowest BCUT2D eigenvalue weighted by Crippen LogP contribution is -2.40. The molecule has 0 N–H and O–H groups in total. The van der Waals surface area contributed by atoms with E-state index in [9.17, 15) is 22.4 Å². The van der Waals surface area contributed by atoms with Crippen molar-refractivity contribution in [1.82, 2.24) is 14.7 Å². The molecule has 0 saturated carbocycles. The lowest BCUT2D eigenvalue weighted by atomic mass is 9.89. The van der Waals surface area contributed by atoms with Crippen molar-refractivity contribution < 1.29 is 31.8 Å². The van der Waals surface area contributed by atoms with Crippen molar-refractivity contribution in [2.75, 3.05) is 13.2 Å². The molecule has 4 rings (SSSR count). The van der Waals surface area contributed by atoms with Crippen LogP contribution < -0.4 is 0 Å². The van der Waals surface area contributed by atoms with Gasteiger partial charge in [-0.3, -0.25) is 0 Å². The number of nitrogens with zero attached hydrogens (tertiary/aromatic N) is 3. The zero-order valence-corrected chi connectivity index (χ0v) is 20.4. The Labute approximate surface area is 202 Å². The molecule has 1 fully saturated rings. The number of rotatable bonds is 3. The Bertz CT molecular complexity index is 1080. The fraction of sp³-hybridized carbons (Fsp3) is 0.600. The molecule has 2 aromatic rings. The van der Waals surface area contributed by atoms with Gasteiger partial charge in [-0.2, -0.15) is 18.3 Å². The smallest absolute Gasteiger partial charge is 0.416 e. The lowest BCUT2D eigenvalue weighted by Gasteiger charge is -2.32. The summed E-state index contributed by atoms with van der Waals surface area (Å²) in [6, 6.07) is 2.75. The summed E-state index contributed by atoms with van der Waals surface area (Å²) in [6.45, 7) is 8.17. The Kier molecular flexibility index (Phi) is 6.87. The zero-order valence-electron chi connectivity index (χ0n) is 20.4. The number of fused-ring (bicyclic) bond motifs is 1. The highest BCUT2D eigenvalue weighted by molar-refractivity contribution is 5.68. The highest BCUT2D eigenvalue weighted by Gasteiger charge is 2.38. The number of carbonyl (C=O) groups is 1. The fourth-order valence-electron chi connectivity index (χ4n) is 4.75. The topological polar surface area (TPSA) is 56.6 Å². The van der Waals surface area contributed by atoms with Crippen LogP contribution in [0.3, 0.4) is 0 Å². The van der Waals surface area contributed by atoms with E-state index in [0.29, 0.717) is 31.3 Å². The molecule has 1 saturated heterocycles. The summed E-state index contributed by atoms with van der Waals surface area (Å²) in [5.74, 6) is -1.68. The molecule has 0 radical (unpaired) electrons. The van der Waals surface area contributed by atoms with Gasteiger partial charge in [-0.25, -0.2) is 13.9 Å². The number of halogens is 4. The number of carbonyl (C=O) groups excluding carboxylic acids is 1. The molecule has 2 aliphatic heterocycles. The molecule has 1 amide bonds. The van der Waals surface area contributed by atoms with Gasteiger partial charge >= 0.3 is 12.3 Å². The van der Waals surface area contributed by atoms with Gasteiger partial charge in [0.05, 0.1) is 23.5 Å². The van der Waals surface area contributed by atoms with E-state index in [0.717, 1.165) is 36.6 Å². The summed E-state index contributed by atoms with van der Waals surface area (Å²) in [5, 5.41) is 4.76. The summed E-state index contributed by atoms with van der Waals surface area (Å²) in [6.07, 6.45) is -2.50. The van der Waals surface area contributed by atoms with E-state index in [-0.39, 0.29) is 18.3 Å². The maximum atomic E-state index is 13.7. The van der Waals surface area contributed by atoms with Crippen molar-refractivity contribution in [3.8, 4) is 0 Å². The number of amides is 1. The Balaban J connectivity index is 1.75. The van der Waals surface area contributed by atoms with Gasteiger partial charge in [0, 0.05) is 24.6 Å². The molecule has 0 spiro atoms. The van der Waals surface area contributed by atoms with Crippen LogP contribution >= 0.6 is 0 Å². The molecule has 1 aromatic heterocycles. The lowest BCUT2D eigenvalue weighted by molar-refractivity contribution is -0.138. The van der Waals surface area contributed by atoms with E-state index in [4.69, 9.17) is 14.6 Å². The van der Waals surface area contributed by atoms with Gasteiger partial charge in [0.25, 0.3) is 0 Å². The van der Waals surface area contributed by atoms with E-state index in [2.05, 4.69) is 0 Å². The van der Waals surface area contributed by atoms with Gasteiger partial charge < -0.3 is 14.4 Å². The first-order chi connectivity index (χ1) is 16.3. The van der Waals surface area contributed by atoms with Crippen LogP contribution in [0.4, 0.5) is 22.4 Å². The van der Waals surface area contributed by atoms with Crippen LogP contribution in [0, 0.1) is 5.82 Å². The van der Waals surface area contributed by atoms with Crippen LogP contribution in [0.2, 0.25) is 0 Å². The van der Waals surface area contributed by atoms with Crippen LogP contribution in [0.5, 0.6) is 0 Å². The van der Waals surface area contributed by atoms with Gasteiger partial charge in [-0.1, -0.05) is 13.0 Å². The van der Waals surface area contributed by atoms with Gasteiger partial charge in [-0.15, -0.1) is 0 Å². The second-order valence-electron chi connectivity index (χ2n) is 10.2. The number of aromatic nitrogens is 2. The number of hydrogen-bond donors (Lipinski definition) is 0. The zero-order chi connectivity index (χ0) is 25.5. The molecule has 3 heterocycles. The molecule has 35 heavy (non-hydrogen) atoms. The molecule has 192 valence electrons. The number of hydrogen-bond acceptors (Lipinski definition) is 4. The number of benzene rings is 1. The molecular formula is C25H31F4N3O3. The average molecular weight is 498 g/mol. The first-order valence-corrected chi connectivity index (χ1v) is 11.9. The first kappa shape index (κ1) is 25.5. The minimum Gasteiger partial charge on any atom is -0.444 e. The van der Waals surface area contributed by atoms with Crippen LogP contribution in [-0.4, -0.2) is 39.5 Å². The molecule has 1 aromatic carbocycles. The second-order valence-corrected chi connectivity index (χ2v) is 10.2. The predicted molar refractivity (Wildman–Crippen MR) is 120 cm³/mol. The molecule has 10 heteroatoms. The standard InChI is InChI=1S/C25H31F4N3O3/c1-15(17-9-8-16(26)13-19(17)25(27,28)29)22-18-10-11-31(23(33)35-24(2,3)4)14-20(18)32(30-22)21-7-5-6-12-34-21/h8-9,13,15,21H,5-7,10-12,14H2,1-4H3. The van der Waals surface area contributed by atoms with Crippen molar-refractivity contribution in [2.24, 2.45) is 0 Å². The average Bonchev–Trinajstić information content (AvgIpc) is 3.16. The molecule has 2 unspecified atom stereocenters. The second kappa shape index (κ2) is 9.44. The summed E-state index contributed by atoms with van der Waals surface area (Å²) in [7, 11) is 0. The third kappa shape index (κ3) is 5.47. The number of alkyl halides is 3. The summed E-state index contributed by atoms with van der Waals surface area (Å²) >= 11 is 0. The van der Waals surface area contributed by atoms with Crippen molar-refractivity contribution in [1.29, 1.82) is 0 Å². The van der Waals surface area contributed by atoms with Gasteiger partial charge in [0.15, 0.2) is 6.23 Å².